The summed E-state index contributed by atoms with van der Waals surface area (Å²) in [6, 6.07) is 1.00. The molecule has 150 valence electrons. The van der Waals surface area contributed by atoms with Crippen LogP contribution in [0.25, 0.3) is 10.9 Å². The van der Waals surface area contributed by atoms with Gasteiger partial charge in [-0.3, -0.25) is 4.79 Å². The fourth-order valence-corrected chi connectivity index (χ4v) is 4.37. The maximum absolute atomic E-state index is 15.0. The summed E-state index contributed by atoms with van der Waals surface area (Å²) in [5.41, 5.74) is -0.811. The molecule has 0 radical (unpaired) electrons. The minimum atomic E-state index is -4.37. The van der Waals surface area contributed by atoms with Crippen LogP contribution in [0.15, 0.2) is 17.1 Å². The van der Waals surface area contributed by atoms with Crippen molar-refractivity contribution in [2.75, 3.05) is 37.7 Å². The monoisotopic (exact) mass is 415 g/mol. The zero-order valence-corrected chi connectivity index (χ0v) is 15.4. The van der Waals surface area contributed by atoms with Crippen molar-refractivity contribution in [2.24, 2.45) is 0 Å². The van der Waals surface area contributed by atoms with Crippen LogP contribution in [0, 0.1) is 5.82 Å². The van der Waals surface area contributed by atoms with E-state index in [0.29, 0.717) is 12.1 Å². The summed E-state index contributed by atoms with van der Waals surface area (Å²) < 4.78 is 34.6. The highest BCUT2D eigenvalue weighted by Crippen LogP contribution is 2.43. The van der Waals surface area contributed by atoms with E-state index >= 15 is 0 Å². The van der Waals surface area contributed by atoms with Gasteiger partial charge in [-0.1, -0.05) is 0 Å². The summed E-state index contributed by atoms with van der Waals surface area (Å²) in [6.07, 6.45) is 1.23. The highest BCUT2D eigenvalue weighted by atomic mass is 31.2. The van der Waals surface area contributed by atoms with Crippen LogP contribution in [0.4, 0.5) is 10.1 Å². The fraction of sp³-hybridized carbons (Fsp3) is 0.375. The van der Waals surface area contributed by atoms with E-state index in [1.165, 1.54) is 6.20 Å². The Bertz CT molecular complexity index is 1100. The second kappa shape index (κ2) is 6.56. The molecule has 4 rings (SSSR count). The van der Waals surface area contributed by atoms with Crippen molar-refractivity contribution in [2.45, 2.75) is 6.54 Å². The number of pyridine rings is 1. The Morgan fingerprint density at radius 2 is 1.89 bits per heavy atom. The Balaban J connectivity index is 0.00000160. The van der Waals surface area contributed by atoms with Crippen molar-refractivity contribution in [3.05, 3.63) is 33.9 Å². The molecule has 3 heterocycles. The van der Waals surface area contributed by atoms with Gasteiger partial charge in [0, 0.05) is 32.4 Å². The zero-order valence-electron chi connectivity index (χ0n) is 16.5. The third kappa shape index (κ3) is 2.96. The Kier molecular flexibility index (Phi) is 4.42. The predicted octanol–water partition coefficient (Wildman–Crippen LogP) is 0.671. The number of anilines is 1. The molecule has 0 aliphatic carbocycles. The van der Waals surface area contributed by atoms with Gasteiger partial charge in [-0.25, -0.2) is 18.4 Å². The lowest BCUT2D eigenvalue weighted by atomic mass is 10.1. The first-order valence-electron chi connectivity index (χ1n) is 8.50. The molecule has 0 bridgehead atoms. The Hall–Kier alpha value is -2.46. The van der Waals surface area contributed by atoms with E-state index < -0.39 is 30.5 Å². The van der Waals surface area contributed by atoms with Crippen LogP contribution < -0.4 is 15.1 Å². The lowest BCUT2D eigenvalue weighted by molar-refractivity contribution is 0.0694. The molecule has 2 aliphatic rings. The van der Waals surface area contributed by atoms with E-state index in [2.05, 4.69) is 0 Å². The number of rotatable bonds is 3. The highest BCUT2D eigenvalue weighted by molar-refractivity contribution is 7.49. The third-order valence-electron chi connectivity index (χ3n) is 4.99. The van der Waals surface area contributed by atoms with Gasteiger partial charge in [0.15, 0.2) is 11.6 Å². The van der Waals surface area contributed by atoms with E-state index in [9.17, 15) is 33.4 Å². The smallest absolute Gasteiger partial charge is 0.487 e. The Morgan fingerprint density at radius 3 is 2.50 bits per heavy atom. The van der Waals surface area contributed by atoms with Gasteiger partial charge in [0.05, 0.1) is 17.4 Å². The standard InChI is InChI=1S/C16H17FN3O7P/c17-11-7-9-12-15(13(11)18-1-3-20(4-2-18)28(24,25)26)27-6-5-19(12)8-10(14(9)21)16(22)23/h7-8H,1-6H2,(H,22,23)(H2,24,25,26)/p+2. The predicted molar refractivity (Wildman–Crippen MR) is 98.7 cm³/mol. The molecule has 28 heavy (non-hydrogen) atoms. The Morgan fingerprint density at radius 1 is 1.21 bits per heavy atom. The van der Waals surface area contributed by atoms with E-state index in [4.69, 9.17) is 4.74 Å². The molecule has 0 spiro atoms. The number of nitrogens with zero attached hydrogens (tertiary/aromatic N) is 3. The zero-order chi connectivity index (χ0) is 20.2. The van der Waals surface area contributed by atoms with Gasteiger partial charge >= 0.3 is 16.6 Å². The molecule has 10 nitrogen and oxygen atoms in total. The van der Waals surface area contributed by atoms with Gasteiger partial charge in [0.1, 0.15) is 17.9 Å². The van der Waals surface area contributed by atoms with Crippen LogP contribution >= 0.6 is 7.75 Å². The number of piperazine rings is 1. The lowest BCUT2D eigenvalue weighted by Crippen LogP contribution is -2.45. The van der Waals surface area contributed by atoms with Crippen LogP contribution in [0.3, 0.4) is 0 Å². The number of hydrogen-bond acceptors (Lipinski definition) is 5. The fourth-order valence-electron chi connectivity index (χ4n) is 3.67. The number of hydrogen-bond donors (Lipinski definition) is 3. The van der Waals surface area contributed by atoms with Crippen LogP contribution in [0.5, 0.6) is 5.75 Å². The molecule has 1 saturated heterocycles. The summed E-state index contributed by atoms with van der Waals surface area (Å²) in [5.74, 6) is -2.00. The van der Waals surface area contributed by atoms with Crippen LogP contribution in [-0.4, -0.2) is 62.9 Å². The van der Waals surface area contributed by atoms with Gasteiger partial charge in [0.2, 0.25) is 5.43 Å². The molecule has 2 aliphatic heterocycles. The second-order valence-corrected chi connectivity index (χ2v) is 8.20. The summed E-state index contributed by atoms with van der Waals surface area (Å²) in [5, 5.41) is 9.16. The molecule has 2 aromatic rings. The quantitative estimate of drug-likeness (QED) is 0.619. The van der Waals surface area contributed by atoms with E-state index in [0.717, 1.165) is 10.7 Å². The molecular weight excluding hydrogens is 396 g/mol. The molecule has 1 fully saturated rings. The summed E-state index contributed by atoms with van der Waals surface area (Å²) in [4.78, 5) is 44.0. The van der Waals surface area contributed by atoms with Crippen molar-refractivity contribution < 1.29 is 36.2 Å². The topological polar surface area (TPSA) is 133 Å². The van der Waals surface area contributed by atoms with Crippen LogP contribution in [0.1, 0.15) is 13.2 Å². The van der Waals surface area contributed by atoms with Crippen molar-refractivity contribution >= 4 is 30.3 Å². The van der Waals surface area contributed by atoms with Gasteiger partial charge in [-0.15, -0.1) is 0 Å². The lowest BCUT2D eigenvalue weighted by Gasteiger charge is -2.37. The number of halogens is 1. The molecule has 0 unspecified atom stereocenters. The van der Waals surface area contributed by atoms with Gasteiger partial charge in [0.25, 0.3) is 0 Å². The number of aromatic carboxylic acids is 1. The summed E-state index contributed by atoms with van der Waals surface area (Å²) in [7, 11) is -4.37. The van der Waals surface area contributed by atoms with Crippen molar-refractivity contribution in [3.8, 4) is 5.75 Å². The molecule has 3 N–H and O–H groups in total. The SMILES string of the molecule is O=C(O)c1cn2c3c(c(N4CCN(P(=O)(O)O)CC4)c(F)cc3c1=O)OCC2.[H+].[H+]. The largest absolute Gasteiger partial charge is 1.00 e. The first-order chi connectivity index (χ1) is 13.2. The minimum absolute atomic E-state index is 0. The van der Waals surface area contributed by atoms with Crippen LogP contribution in [-0.2, 0) is 11.1 Å². The number of carboxylic acids is 1. The number of ether oxygens (including phenoxy) is 1. The van der Waals surface area contributed by atoms with E-state index in [1.807, 2.05) is 0 Å². The van der Waals surface area contributed by atoms with Crippen LogP contribution in [0.2, 0.25) is 0 Å². The number of carbonyl (C=O) groups is 1. The van der Waals surface area contributed by atoms with Crippen molar-refractivity contribution in [1.82, 2.24) is 9.24 Å². The van der Waals surface area contributed by atoms with Crippen molar-refractivity contribution in [1.29, 1.82) is 0 Å². The second-order valence-electron chi connectivity index (χ2n) is 6.61. The van der Waals surface area contributed by atoms with Gasteiger partial charge in [-0.05, 0) is 6.07 Å². The molecule has 1 aromatic carbocycles. The number of benzene rings is 1. The summed E-state index contributed by atoms with van der Waals surface area (Å²) >= 11 is 0. The molecule has 0 saturated carbocycles. The average molecular weight is 415 g/mol. The van der Waals surface area contributed by atoms with Crippen molar-refractivity contribution in [3.63, 3.8) is 0 Å². The van der Waals surface area contributed by atoms with Gasteiger partial charge in [-0.2, -0.15) is 0 Å². The highest BCUT2D eigenvalue weighted by Gasteiger charge is 2.33. The Labute approximate surface area is 160 Å². The maximum Gasteiger partial charge on any atom is 1.00 e. The van der Waals surface area contributed by atoms with Gasteiger partial charge < -0.3 is 29.1 Å². The molecule has 0 atom stereocenters. The first-order valence-corrected chi connectivity index (χ1v) is 10.1. The maximum atomic E-state index is 15.0. The summed E-state index contributed by atoms with van der Waals surface area (Å²) in [6.45, 7) is 0.852. The normalized spacial score (nSPS) is 17.6. The minimum Gasteiger partial charge on any atom is -0.487 e. The van der Waals surface area contributed by atoms with E-state index in [1.54, 1.807) is 9.47 Å². The molecular formula is C16H19FN3O7P+2. The molecule has 0 amide bonds. The average Bonchev–Trinajstić information content (AvgIpc) is 2.63. The number of aromatic nitrogens is 1. The molecule has 1 aromatic heterocycles. The van der Waals surface area contributed by atoms with E-state index in [-0.39, 0.29) is 52.5 Å². The number of carboxylic acid groups (broad SMARTS) is 1. The first kappa shape index (κ1) is 18.9. The third-order valence-corrected chi connectivity index (χ3v) is 6.13. The molecule has 12 heteroatoms.